The first-order valence-electron chi connectivity index (χ1n) is 10.5. The first-order chi connectivity index (χ1) is 12.9. The molecule has 2 aromatic rings. The minimum atomic E-state index is -0.405. The van der Waals surface area contributed by atoms with Gasteiger partial charge in [-0.05, 0) is 50.0 Å². The van der Waals surface area contributed by atoms with E-state index in [1.54, 1.807) is 0 Å². The zero-order valence-corrected chi connectivity index (χ0v) is 18.4. The molecule has 27 heavy (non-hydrogen) atoms. The van der Waals surface area contributed by atoms with Crippen LogP contribution < -0.4 is 5.32 Å². The summed E-state index contributed by atoms with van der Waals surface area (Å²) in [5, 5.41) is 4.26. The third-order valence-corrected chi connectivity index (χ3v) is 4.49. The number of rotatable bonds is 8. The van der Waals surface area contributed by atoms with Crippen LogP contribution in [0, 0.1) is 5.41 Å². The maximum absolute atomic E-state index is 12.4. The normalized spacial score (nSPS) is 11.4. The van der Waals surface area contributed by atoms with E-state index in [0.29, 0.717) is 0 Å². The summed E-state index contributed by atoms with van der Waals surface area (Å²) < 4.78 is 0. The predicted molar refractivity (Wildman–Crippen MR) is 118 cm³/mol. The van der Waals surface area contributed by atoms with Crippen LogP contribution in [-0.4, -0.2) is 35.4 Å². The Morgan fingerprint density at radius 2 is 1.70 bits per heavy atom. The van der Waals surface area contributed by atoms with Gasteiger partial charge in [0.25, 0.3) is 0 Å². The van der Waals surface area contributed by atoms with Crippen LogP contribution in [0.4, 0.5) is 5.69 Å². The minimum absolute atomic E-state index is 0.0470. The number of carbonyl (C=O) groups excluding carboxylic acids is 1. The SMILES string of the molecule is CC.CCCN(CCC)CCc1c[nH]c2cccc(NC(=O)C(C)(C)C)c12. The quantitative estimate of drug-likeness (QED) is 0.610. The summed E-state index contributed by atoms with van der Waals surface area (Å²) in [6.07, 6.45) is 5.44. The number of benzene rings is 1. The lowest BCUT2D eigenvalue weighted by atomic mass is 9.95. The van der Waals surface area contributed by atoms with E-state index in [1.165, 1.54) is 18.4 Å². The molecular formula is C23H39N3O. The molecule has 0 radical (unpaired) electrons. The largest absolute Gasteiger partial charge is 0.361 e. The van der Waals surface area contributed by atoms with E-state index in [4.69, 9.17) is 0 Å². The zero-order chi connectivity index (χ0) is 20.4. The molecule has 4 nitrogen and oxygen atoms in total. The predicted octanol–water partition coefficient (Wildman–Crippen LogP) is 5.84. The van der Waals surface area contributed by atoms with Crippen molar-refractivity contribution in [3.63, 3.8) is 0 Å². The number of anilines is 1. The van der Waals surface area contributed by atoms with Gasteiger partial charge in [0.05, 0.1) is 5.69 Å². The number of nitrogens with one attached hydrogen (secondary N) is 2. The molecule has 4 heteroatoms. The molecular weight excluding hydrogens is 334 g/mol. The Bertz CT molecular complexity index is 691. The molecule has 0 aliphatic heterocycles. The molecule has 0 bridgehead atoms. The summed E-state index contributed by atoms with van der Waals surface area (Å²) in [5.74, 6) is 0.0470. The van der Waals surface area contributed by atoms with E-state index in [1.807, 2.05) is 46.8 Å². The van der Waals surface area contributed by atoms with Crippen molar-refractivity contribution in [3.8, 4) is 0 Å². The maximum Gasteiger partial charge on any atom is 0.229 e. The Morgan fingerprint density at radius 1 is 1.07 bits per heavy atom. The molecule has 0 aliphatic carbocycles. The second kappa shape index (κ2) is 11.1. The average molecular weight is 374 g/mol. The van der Waals surface area contributed by atoms with Gasteiger partial charge in [0, 0.05) is 29.1 Å². The number of aromatic amines is 1. The number of nitrogens with zero attached hydrogens (tertiary/aromatic N) is 1. The number of aromatic nitrogens is 1. The van der Waals surface area contributed by atoms with Crippen LogP contribution in [0.5, 0.6) is 0 Å². The summed E-state index contributed by atoms with van der Waals surface area (Å²) >= 11 is 0. The minimum Gasteiger partial charge on any atom is -0.361 e. The fraction of sp³-hybridized carbons (Fsp3) is 0.609. The lowest BCUT2D eigenvalue weighted by molar-refractivity contribution is -0.123. The zero-order valence-electron chi connectivity index (χ0n) is 18.4. The Morgan fingerprint density at radius 3 is 2.26 bits per heavy atom. The molecule has 152 valence electrons. The van der Waals surface area contributed by atoms with Gasteiger partial charge in [0.1, 0.15) is 0 Å². The monoisotopic (exact) mass is 373 g/mol. The van der Waals surface area contributed by atoms with Crippen molar-refractivity contribution in [2.24, 2.45) is 5.41 Å². The molecule has 0 saturated carbocycles. The van der Waals surface area contributed by atoms with Gasteiger partial charge in [-0.3, -0.25) is 4.79 Å². The number of amides is 1. The van der Waals surface area contributed by atoms with E-state index >= 15 is 0 Å². The van der Waals surface area contributed by atoms with Gasteiger partial charge in [-0.2, -0.15) is 0 Å². The molecule has 2 N–H and O–H groups in total. The maximum atomic E-state index is 12.4. The summed E-state index contributed by atoms with van der Waals surface area (Å²) in [5.41, 5.74) is 2.86. The van der Waals surface area contributed by atoms with E-state index in [0.717, 1.165) is 42.6 Å². The molecule has 0 spiro atoms. The first kappa shape index (κ1) is 23.2. The molecule has 1 heterocycles. The summed E-state index contributed by atoms with van der Waals surface area (Å²) in [4.78, 5) is 18.3. The van der Waals surface area contributed by atoms with Gasteiger partial charge < -0.3 is 15.2 Å². The van der Waals surface area contributed by atoms with E-state index < -0.39 is 5.41 Å². The Labute approximate surface area is 165 Å². The highest BCUT2D eigenvalue weighted by Crippen LogP contribution is 2.29. The van der Waals surface area contributed by atoms with Crippen LogP contribution in [0.25, 0.3) is 10.9 Å². The molecule has 2 rings (SSSR count). The number of hydrogen-bond donors (Lipinski definition) is 2. The fourth-order valence-corrected chi connectivity index (χ4v) is 3.11. The van der Waals surface area contributed by atoms with Crippen molar-refractivity contribution in [3.05, 3.63) is 30.0 Å². The molecule has 0 atom stereocenters. The summed E-state index contributed by atoms with van der Waals surface area (Å²) in [6.45, 7) is 17.6. The van der Waals surface area contributed by atoms with Crippen molar-refractivity contribution in [1.29, 1.82) is 0 Å². The molecule has 0 aliphatic rings. The highest BCUT2D eigenvalue weighted by molar-refractivity contribution is 6.04. The van der Waals surface area contributed by atoms with Gasteiger partial charge in [-0.25, -0.2) is 0 Å². The van der Waals surface area contributed by atoms with E-state index in [9.17, 15) is 4.79 Å². The topological polar surface area (TPSA) is 48.1 Å². The Kier molecular flexibility index (Phi) is 9.57. The van der Waals surface area contributed by atoms with E-state index in [-0.39, 0.29) is 5.91 Å². The fourth-order valence-electron chi connectivity index (χ4n) is 3.11. The second-order valence-electron chi connectivity index (χ2n) is 7.84. The first-order valence-corrected chi connectivity index (χ1v) is 10.5. The molecule has 0 unspecified atom stereocenters. The van der Waals surface area contributed by atoms with Crippen LogP contribution >= 0.6 is 0 Å². The van der Waals surface area contributed by atoms with Crippen LogP contribution in [0.1, 0.15) is 66.9 Å². The van der Waals surface area contributed by atoms with Crippen LogP contribution in [0.2, 0.25) is 0 Å². The van der Waals surface area contributed by atoms with Gasteiger partial charge in [0.15, 0.2) is 0 Å². The van der Waals surface area contributed by atoms with Crippen molar-refractivity contribution in [2.45, 2.75) is 67.7 Å². The van der Waals surface area contributed by atoms with Crippen LogP contribution in [0.15, 0.2) is 24.4 Å². The third kappa shape index (κ3) is 6.69. The molecule has 1 amide bonds. The number of H-pyrrole nitrogens is 1. The van der Waals surface area contributed by atoms with Gasteiger partial charge in [0.2, 0.25) is 5.91 Å². The van der Waals surface area contributed by atoms with Crippen molar-refractivity contribution >= 4 is 22.5 Å². The molecule has 1 aromatic carbocycles. The number of carbonyl (C=O) groups is 1. The van der Waals surface area contributed by atoms with Crippen molar-refractivity contribution in [2.75, 3.05) is 25.0 Å². The van der Waals surface area contributed by atoms with Gasteiger partial charge in [-0.15, -0.1) is 0 Å². The molecule has 0 saturated heterocycles. The number of fused-ring (bicyclic) bond motifs is 1. The van der Waals surface area contributed by atoms with Gasteiger partial charge in [-0.1, -0.05) is 54.5 Å². The van der Waals surface area contributed by atoms with E-state index in [2.05, 4.69) is 41.3 Å². The smallest absolute Gasteiger partial charge is 0.229 e. The van der Waals surface area contributed by atoms with Crippen molar-refractivity contribution in [1.82, 2.24) is 9.88 Å². The standard InChI is InChI=1S/C21H33N3O.C2H6/c1-6-12-24(13-7-2)14-11-16-15-22-17-9-8-10-18(19(16)17)23-20(25)21(3,4)5;1-2/h8-10,15,22H,6-7,11-14H2,1-5H3,(H,23,25);1-2H3. The summed E-state index contributed by atoms with van der Waals surface area (Å²) in [7, 11) is 0. The average Bonchev–Trinajstić information content (AvgIpc) is 3.05. The second-order valence-corrected chi connectivity index (χ2v) is 7.84. The van der Waals surface area contributed by atoms with Crippen LogP contribution in [0.3, 0.4) is 0 Å². The Hall–Kier alpha value is -1.81. The van der Waals surface area contributed by atoms with Gasteiger partial charge >= 0.3 is 0 Å². The highest BCUT2D eigenvalue weighted by Gasteiger charge is 2.22. The highest BCUT2D eigenvalue weighted by atomic mass is 16.2. The molecule has 0 fully saturated rings. The number of hydrogen-bond acceptors (Lipinski definition) is 2. The lowest BCUT2D eigenvalue weighted by Gasteiger charge is -2.21. The summed E-state index contributed by atoms with van der Waals surface area (Å²) in [6, 6.07) is 6.06. The lowest BCUT2D eigenvalue weighted by Crippen LogP contribution is -2.28. The Balaban J connectivity index is 0.00000176. The van der Waals surface area contributed by atoms with Crippen LogP contribution in [-0.2, 0) is 11.2 Å². The van der Waals surface area contributed by atoms with Crippen molar-refractivity contribution < 1.29 is 4.79 Å². The molecule has 1 aromatic heterocycles. The third-order valence-electron chi connectivity index (χ3n) is 4.49.